The average molecular weight is 300 g/mol. The largest absolute Gasteiger partial charge is 0.426 e. The molecule has 0 radical (unpaired) electrons. The normalized spacial score (nSPS) is 10.8. The number of carbonyl (C=O) groups excluding carboxylic acids is 1. The van der Waals surface area contributed by atoms with Gasteiger partial charge in [0.15, 0.2) is 0 Å². The molecule has 7 nitrogen and oxygen atoms in total. The summed E-state index contributed by atoms with van der Waals surface area (Å²) in [6.45, 7) is 0. The first-order valence-electron chi connectivity index (χ1n) is 6.43. The maximum Gasteiger partial charge on any atom is 0.426 e. The lowest BCUT2D eigenvalue weighted by molar-refractivity contribution is 0.0948. The summed E-state index contributed by atoms with van der Waals surface area (Å²) >= 11 is 0. The fourth-order valence-electron chi connectivity index (χ4n) is 2.07. The molecule has 3 aromatic rings. The number of rotatable bonds is 2. The van der Waals surface area contributed by atoms with Crippen LogP contribution in [0.3, 0.4) is 0 Å². The fourth-order valence-corrected chi connectivity index (χ4v) is 2.07. The summed E-state index contributed by atoms with van der Waals surface area (Å²) in [4.78, 5) is 37.4. The molecule has 0 aliphatic rings. The summed E-state index contributed by atoms with van der Waals surface area (Å²) in [5, 5.41) is 0.588. The number of aromatic nitrogens is 1. The number of benzene rings is 1. The summed E-state index contributed by atoms with van der Waals surface area (Å²) in [5.74, 6) is -1.64. The van der Waals surface area contributed by atoms with Crippen LogP contribution in [0.15, 0.2) is 55.1 Å². The summed E-state index contributed by atoms with van der Waals surface area (Å²) in [7, 11) is 3.73. The highest BCUT2D eigenvalue weighted by Crippen LogP contribution is 2.20. The Bertz CT molecular complexity index is 977. The van der Waals surface area contributed by atoms with Crippen LogP contribution < -0.4 is 16.3 Å². The van der Waals surface area contributed by atoms with E-state index in [0.717, 1.165) is 18.1 Å². The van der Waals surface area contributed by atoms with Gasteiger partial charge in [0.05, 0.1) is 6.20 Å². The number of carbonyl (C=O) groups is 1. The molecule has 0 amide bonds. The molecule has 0 N–H and O–H groups in total. The van der Waals surface area contributed by atoms with Crippen LogP contribution in [0.2, 0.25) is 0 Å². The third-order valence-corrected chi connectivity index (χ3v) is 3.26. The lowest BCUT2D eigenvalue weighted by atomic mass is 10.1. The predicted octanol–water partition coefficient (Wildman–Crippen LogP) is 1.30. The molecule has 0 saturated carbocycles. The van der Waals surface area contributed by atoms with Crippen LogP contribution >= 0.6 is 0 Å². The minimum Gasteiger partial charge on any atom is -0.422 e. The van der Waals surface area contributed by atoms with E-state index < -0.39 is 17.3 Å². The van der Waals surface area contributed by atoms with Crippen LogP contribution in [0, 0.1) is 0 Å². The molecule has 112 valence electrons. The van der Waals surface area contributed by atoms with Crippen LogP contribution in [0.5, 0.6) is 0 Å². The van der Waals surface area contributed by atoms with Crippen molar-refractivity contribution in [3.05, 3.63) is 63.3 Å². The van der Waals surface area contributed by atoms with Gasteiger partial charge in [-0.05, 0) is 18.2 Å². The minimum absolute atomic E-state index is 0.228. The van der Waals surface area contributed by atoms with Gasteiger partial charge in [-0.3, -0.25) is 4.79 Å². The van der Waals surface area contributed by atoms with E-state index in [0.29, 0.717) is 15.5 Å². The second-order valence-electron chi connectivity index (χ2n) is 4.91. The number of hydrogen-bond acceptors (Lipinski definition) is 6. The van der Waals surface area contributed by atoms with Crippen molar-refractivity contribution < 1.29 is 13.6 Å². The molecule has 22 heavy (non-hydrogen) atoms. The molecule has 0 spiro atoms. The van der Waals surface area contributed by atoms with Gasteiger partial charge in [-0.25, -0.2) is 14.2 Å². The number of fused-ring (bicyclic) bond motifs is 1. The Hall–Kier alpha value is -3.09. The highest BCUT2D eigenvalue weighted by atomic mass is 16.4. The van der Waals surface area contributed by atoms with E-state index in [-0.39, 0.29) is 5.56 Å². The van der Waals surface area contributed by atoms with Crippen molar-refractivity contribution >= 4 is 22.6 Å². The standard InChI is InChI=1S/C15H12N2O5/c1-16(2)10-4-3-9-7-11(14(19)22-12(9)8-10)13(18)17-5-6-21-15(17)20/h3-8H,1-2H3. The summed E-state index contributed by atoms with van der Waals surface area (Å²) in [6.07, 6.45) is 2.23. The molecular formula is C15H12N2O5. The maximum absolute atomic E-state index is 12.2. The summed E-state index contributed by atoms with van der Waals surface area (Å²) < 4.78 is 10.4. The Morgan fingerprint density at radius 1 is 1.18 bits per heavy atom. The molecule has 0 aliphatic carbocycles. The van der Waals surface area contributed by atoms with Gasteiger partial charge in [0.1, 0.15) is 17.4 Å². The van der Waals surface area contributed by atoms with Crippen molar-refractivity contribution in [3.8, 4) is 0 Å². The molecule has 3 rings (SSSR count). The van der Waals surface area contributed by atoms with Crippen LogP contribution in [-0.2, 0) is 0 Å². The molecule has 0 saturated heterocycles. The van der Waals surface area contributed by atoms with Gasteiger partial charge < -0.3 is 13.7 Å². The molecule has 0 unspecified atom stereocenters. The van der Waals surface area contributed by atoms with Gasteiger partial charge in [-0.1, -0.05) is 0 Å². The topological polar surface area (TPSA) is 85.7 Å². The van der Waals surface area contributed by atoms with Crippen molar-refractivity contribution in [2.45, 2.75) is 0 Å². The summed E-state index contributed by atoms with van der Waals surface area (Å²) in [5.41, 5.74) is 0.197. The Morgan fingerprint density at radius 2 is 1.95 bits per heavy atom. The van der Waals surface area contributed by atoms with Crippen molar-refractivity contribution in [1.29, 1.82) is 0 Å². The quantitative estimate of drug-likeness (QED) is 0.663. The Morgan fingerprint density at radius 3 is 2.59 bits per heavy atom. The predicted molar refractivity (Wildman–Crippen MR) is 79.5 cm³/mol. The smallest absolute Gasteiger partial charge is 0.422 e. The first-order valence-corrected chi connectivity index (χ1v) is 6.43. The Kier molecular flexibility index (Phi) is 3.17. The number of nitrogens with zero attached hydrogens (tertiary/aromatic N) is 2. The number of oxazole rings is 1. The maximum atomic E-state index is 12.2. The first-order chi connectivity index (χ1) is 10.5. The lowest BCUT2D eigenvalue weighted by Crippen LogP contribution is -2.27. The van der Waals surface area contributed by atoms with E-state index in [1.165, 1.54) is 6.07 Å². The number of anilines is 1. The summed E-state index contributed by atoms with van der Waals surface area (Å²) in [6, 6.07) is 6.68. The Balaban J connectivity index is 2.16. The van der Waals surface area contributed by atoms with Gasteiger partial charge in [0.2, 0.25) is 0 Å². The lowest BCUT2D eigenvalue weighted by Gasteiger charge is -2.12. The van der Waals surface area contributed by atoms with Crippen LogP contribution in [0.4, 0.5) is 5.69 Å². The zero-order valence-corrected chi connectivity index (χ0v) is 11.9. The zero-order chi connectivity index (χ0) is 15.9. The van der Waals surface area contributed by atoms with Crippen LogP contribution in [0.1, 0.15) is 10.4 Å². The molecule has 7 heteroatoms. The molecule has 0 atom stereocenters. The molecule has 2 heterocycles. The van der Waals surface area contributed by atoms with Gasteiger partial charge in [0, 0.05) is 31.2 Å². The molecule has 0 fully saturated rings. The van der Waals surface area contributed by atoms with Crippen molar-refractivity contribution in [2.24, 2.45) is 0 Å². The zero-order valence-electron chi connectivity index (χ0n) is 11.9. The van der Waals surface area contributed by atoms with E-state index in [1.807, 2.05) is 25.1 Å². The van der Waals surface area contributed by atoms with Gasteiger partial charge in [-0.2, -0.15) is 0 Å². The molecule has 1 aromatic carbocycles. The monoisotopic (exact) mass is 300 g/mol. The van der Waals surface area contributed by atoms with E-state index in [9.17, 15) is 14.4 Å². The minimum atomic E-state index is -0.854. The third kappa shape index (κ3) is 2.22. The van der Waals surface area contributed by atoms with E-state index in [1.54, 1.807) is 12.1 Å². The van der Waals surface area contributed by atoms with E-state index >= 15 is 0 Å². The average Bonchev–Trinajstić information content (AvgIpc) is 2.91. The van der Waals surface area contributed by atoms with Gasteiger partial charge >= 0.3 is 11.4 Å². The van der Waals surface area contributed by atoms with Crippen LogP contribution in [-0.4, -0.2) is 24.6 Å². The molecule has 2 aromatic heterocycles. The van der Waals surface area contributed by atoms with Crippen molar-refractivity contribution in [1.82, 2.24) is 4.57 Å². The first kappa shape index (κ1) is 13.9. The second-order valence-corrected chi connectivity index (χ2v) is 4.91. The van der Waals surface area contributed by atoms with Gasteiger partial charge in [0.25, 0.3) is 5.91 Å². The van der Waals surface area contributed by atoms with Crippen molar-refractivity contribution in [3.63, 3.8) is 0 Å². The SMILES string of the molecule is CN(C)c1ccc2cc(C(=O)n3ccoc3=O)c(=O)oc2c1. The van der Waals surface area contributed by atoms with Gasteiger partial charge in [-0.15, -0.1) is 0 Å². The van der Waals surface area contributed by atoms with Crippen molar-refractivity contribution in [2.75, 3.05) is 19.0 Å². The van der Waals surface area contributed by atoms with Crippen LogP contribution in [0.25, 0.3) is 11.0 Å². The highest BCUT2D eigenvalue weighted by molar-refractivity contribution is 5.98. The second kappa shape index (κ2) is 5.03. The Labute approximate surface area is 124 Å². The van der Waals surface area contributed by atoms with E-state index in [2.05, 4.69) is 4.42 Å². The third-order valence-electron chi connectivity index (χ3n) is 3.26. The molecular weight excluding hydrogens is 288 g/mol. The fraction of sp³-hybridized carbons (Fsp3) is 0.133. The highest BCUT2D eigenvalue weighted by Gasteiger charge is 2.18. The number of hydrogen-bond donors (Lipinski definition) is 0. The molecule has 0 bridgehead atoms. The van der Waals surface area contributed by atoms with E-state index in [4.69, 9.17) is 4.42 Å². The molecule has 0 aliphatic heterocycles.